The molecule has 0 fully saturated rings. The van der Waals surface area contributed by atoms with Crippen LogP contribution in [0.15, 0.2) is 35.3 Å². The first kappa shape index (κ1) is 15.7. The molecule has 0 radical (unpaired) electrons. The summed E-state index contributed by atoms with van der Waals surface area (Å²) in [6, 6.07) is 7.28. The number of hydrogen-bond acceptors (Lipinski definition) is 5. The minimum Gasteiger partial charge on any atom is -0.323 e. The van der Waals surface area contributed by atoms with Gasteiger partial charge in [0, 0.05) is 18.0 Å². The number of nitrogens with zero attached hydrogens (tertiary/aromatic N) is 4. The third-order valence-corrected chi connectivity index (χ3v) is 5.29. The Morgan fingerprint density at radius 1 is 1.32 bits per heavy atom. The monoisotopic (exact) mass is 352 g/mol. The molecule has 0 unspecified atom stereocenters. The average molecular weight is 352 g/mol. The van der Waals surface area contributed by atoms with E-state index >= 15 is 0 Å². The Balaban J connectivity index is 1.85. The highest BCUT2D eigenvalue weighted by Crippen LogP contribution is 2.30. The van der Waals surface area contributed by atoms with Gasteiger partial charge in [-0.15, -0.1) is 11.3 Å². The number of fused-ring (bicyclic) bond motifs is 3. The van der Waals surface area contributed by atoms with Crippen molar-refractivity contribution in [3.05, 3.63) is 57.0 Å². The van der Waals surface area contributed by atoms with Crippen LogP contribution < -0.4 is 5.56 Å². The molecule has 0 aliphatic carbocycles. The smallest absolute Gasteiger partial charge is 0.291 e. The van der Waals surface area contributed by atoms with Gasteiger partial charge < -0.3 is 4.57 Å². The highest BCUT2D eigenvalue weighted by Gasteiger charge is 2.17. The number of aryl methyl sites for hydroxylation is 2. The van der Waals surface area contributed by atoms with E-state index in [0.29, 0.717) is 17.6 Å². The van der Waals surface area contributed by atoms with Gasteiger partial charge in [0.25, 0.3) is 5.56 Å². The first-order chi connectivity index (χ1) is 12.0. The molecule has 126 valence electrons. The van der Waals surface area contributed by atoms with Crippen LogP contribution in [0.1, 0.15) is 27.9 Å². The summed E-state index contributed by atoms with van der Waals surface area (Å²) >= 11 is 1.57. The van der Waals surface area contributed by atoms with E-state index in [2.05, 4.69) is 10.1 Å². The van der Waals surface area contributed by atoms with Crippen LogP contribution in [-0.4, -0.2) is 25.1 Å². The van der Waals surface area contributed by atoms with Gasteiger partial charge in [-0.25, -0.2) is 9.67 Å². The summed E-state index contributed by atoms with van der Waals surface area (Å²) in [7, 11) is 1.85. The van der Waals surface area contributed by atoms with Crippen molar-refractivity contribution in [3.63, 3.8) is 0 Å². The fourth-order valence-corrected chi connectivity index (χ4v) is 4.03. The lowest BCUT2D eigenvalue weighted by atomic mass is 10.1. The van der Waals surface area contributed by atoms with E-state index < -0.39 is 0 Å². The number of carbonyl (C=O) groups is 1. The van der Waals surface area contributed by atoms with Gasteiger partial charge in [0.1, 0.15) is 5.52 Å². The molecule has 6 nitrogen and oxygen atoms in total. The molecule has 7 heteroatoms. The second kappa shape index (κ2) is 5.63. The maximum absolute atomic E-state index is 12.9. The minimum atomic E-state index is -0.156. The van der Waals surface area contributed by atoms with E-state index in [1.165, 1.54) is 11.6 Å². The Bertz CT molecular complexity index is 1200. The fraction of sp³-hybridized carbons (Fsp3) is 0.222. The maximum atomic E-state index is 12.9. The SMILES string of the molecule is CC(=O)c1cccc(Cn2ncc3c4sc(C)nc4n(C)c3c2=O)c1. The topological polar surface area (TPSA) is 69.8 Å². The van der Waals surface area contributed by atoms with Crippen molar-refractivity contribution in [1.29, 1.82) is 0 Å². The van der Waals surface area contributed by atoms with Crippen LogP contribution in [0.5, 0.6) is 0 Å². The van der Waals surface area contributed by atoms with Crippen molar-refractivity contribution in [3.8, 4) is 0 Å². The molecule has 0 bridgehead atoms. The quantitative estimate of drug-likeness (QED) is 0.532. The number of hydrogen-bond donors (Lipinski definition) is 0. The zero-order chi connectivity index (χ0) is 17.7. The molecule has 1 aromatic carbocycles. The lowest BCUT2D eigenvalue weighted by Crippen LogP contribution is -2.24. The Hall–Kier alpha value is -2.80. The van der Waals surface area contributed by atoms with Crippen molar-refractivity contribution in [2.75, 3.05) is 0 Å². The van der Waals surface area contributed by atoms with Gasteiger partial charge in [0.05, 0.1) is 22.4 Å². The fourth-order valence-electron chi connectivity index (χ4n) is 3.07. The molecule has 4 rings (SSSR count). The van der Waals surface area contributed by atoms with Crippen LogP contribution in [-0.2, 0) is 13.6 Å². The predicted molar refractivity (Wildman–Crippen MR) is 98.4 cm³/mol. The van der Waals surface area contributed by atoms with Crippen molar-refractivity contribution < 1.29 is 4.79 Å². The van der Waals surface area contributed by atoms with Crippen LogP contribution in [0.25, 0.3) is 21.3 Å². The number of ketones is 1. The number of benzene rings is 1. The standard InChI is InChI=1S/C18H16N4O2S/c1-10(23)13-6-4-5-12(7-13)9-22-18(24)15-14(8-19-22)16-17(21(15)3)20-11(2)25-16/h4-8H,9H2,1-3H3. The zero-order valence-corrected chi connectivity index (χ0v) is 14.9. The van der Waals surface area contributed by atoms with Gasteiger partial charge in [-0.2, -0.15) is 5.10 Å². The Morgan fingerprint density at radius 2 is 2.12 bits per heavy atom. The van der Waals surface area contributed by atoms with Crippen LogP contribution in [0.4, 0.5) is 0 Å². The lowest BCUT2D eigenvalue weighted by molar-refractivity contribution is 0.101. The van der Waals surface area contributed by atoms with Gasteiger partial charge in [-0.3, -0.25) is 9.59 Å². The molecule has 0 saturated heterocycles. The van der Waals surface area contributed by atoms with Crippen molar-refractivity contribution in [2.24, 2.45) is 7.05 Å². The van der Waals surface area contributed by atoms with E-state index in [-0.39, 0.29) is 11.3 Å². The number of thiazole rings is 1. The summed E-state index contributed by atoms with van der Waals surface area (Å²) in [6.07, 6.45) is 1.73. The molecule has 0 saturated carbocycles. The molecule has 0 N–H and O–H groups in total. The third-order valence-electron chi connectivity index (χ3n) is 4.30. The van der Waals surface area contributed by atoms with Crippen LogP contribution in [0.3, 0.4) is 0 Å². The third kappa shape index (κ3) is 2.47. The van der Waals surface area contributed by atoms with Crippen molar-refractivity contribution >= 4 is 38.4 Å². The molecule has 4 aromatic rings. The molecule has 0 aliphatic rings. The summed E-state index contributed by atoms with van der Waals surface area (Å²) in [6.45, 7) is 3.80. The zero-order valence-electron chi connectivity index (χ0n) is 14.1. The van der Waals surface area contributed by atoms with Gasteiger partial charge in [0.15, 0.2) is 11.4 Å². The summed E-state index contributed by atoms with van der Waals surface area (Å²) in [4.78, 5) is 29.0. The van der Waals surface area contributed by atoms with Gasteiger partial charge >= 0.3 is 0 Å². The largest absolute Gasteiger partial charge is 0.323 e. The lowest BCUT2D eigenvalue weighted by Gasteiger charge is -2.07. The highest BCUT2D eigenvalue weighted by molar-refractivity contribution is 7.19. The van der Waals surface area contributed by atoms with Crippen LogP contribution >= 0.6 is 11.3 Å². The highest BCUT2D eigenvalue weighted by atomic mass is 32.1. The second-order valence-electron chi connectivity index (χ2n) is 6.07. The van der Waals surface area contributed by atoms with E-state index in [0.717, 1.165) is 26.3 Å². The molecule has 0 atom stereocenters. The Labute approximate surface area is 147 Å². The minimum absolute atomic E-state index is 0.00160. The Kier molecular flexibility index (Phi) is 3.54. The summed E-state index contributed by atoms with van der Waals surface area (Å²) in [5.41, 5.74) is 2.76. The van der Waals surface area contributed by atoms with Crippen molar-refractivity contribution in [2.45, 2.75) is 20.4 Å². The Morgan fingerprint density at radius 3 is 2.88 bits per heavy atom. The number of Topliss-reactive ketones (excluding diaryl/α,β-unsaturated/α-hetero) is 1. The first-order valence-corrected chi connectivity index (χ1v) is 8.69. The molecule has 25 heavy (non-hydrogen) atoms. The normalized spacial score (nSPS) is 11.5. The molecule has 3 aromatic heterocycles. The number of aromatic nitrogens is 4. The molecule has 0 amide bonds. The molecule has 0 spiro atoms. The number of rotatable bonds is 3. The van der Waals surface area contributed by atoms with E-state index in [1.807, 2.05) is 30.7 Å². The average Bonchev–Trinajstić information content (AvgIpc) is 3.08. The molecular weight excluding hydrogens is 336 g/mol. The van der Waals surface area contributed by atoms with Crippen LogP contribution in [0.2, 0.25) is 0 Å². The maximum Gasteiger partial charge on any atom is 0.291 e. The van der Waals surface area contributed by atoms with Gasteiger partial charge in [-0.1, -0.05) is 18.2 Å². The predicted octanol–water partition coefficient (Wildman–Crippen LogP) is 2.90. The van der Waals surface area contributed by atoms with E-state index in [9.17, 15) is 9.59 Å². The number of carbonyl (C=O) groups excluding carboxylic acids is 1. The van der Waals surface area contributed by atoms with Gasteiger partial charge in [-0.05, 0) is 25.5 Å². The first-order valence-electron chi connectivity index (χ1n) is 7.87. The second-order valence-corrected chi connectivity index (χ2v) is 7.27. The van der Waals surface area contributed by atoms with E-state index in [4.69, 9.17) is 0 Å². The summed E-state index contributed by atoms with van der Waals surface area (Å²) < 4.78 is 4.25. The van der Waals surface area contributed by atoms with Crippen LogP contribution in [0, 0.1) is 6.92 Å². The summed E-state index contributed by atoms with van der Waals surface area (Å²) in [5.74, 6) is 0.00160. The summed E-state index contributed by atoms with van der Waals surface area (Å²) in [5, 5.41) is 6.13. The molecular formula is C18H16N4O2S. The molecule has 0 aliphatic heterocycles. The van der Waals surface area contributed by atoms with Crippen molar-refractivity contribution in [1.82, 2.24) is 19.3 Å². The molecule has 3 heterocycles. The van der Waals surface area contributed by atoms with E-state index in [1.54, 1.807) is 29.7 Å². The van der Waals surface area contributed by atoms with Gasteiger partial charge in [0.2, 0.25) is 0 Å².